The van der Waals surface area contributed by atoms with Crippen LogP contribution in [-0.2, 0) is 6.42 Å². The number of pyridine rings is 1. The number of carbonyl (C=O) groups excluding carboxylic acids is 2. The van der Waals surface area contributed by atoms with Gasteiger partial charge in [0.05, 0.1) is 11.0 Å². The van der Waals surface area contributed by atoms with Gasteiger partial charge in [0.1, 0.15) is 11.4 Å². The highest BCUT2D eigenvalue weighted by Gasteiger charge is 2.32. The van der Waals surface area contributed by atoms with Crippen molar-refractivity contribution in [2.75, 3.05) is 5.32 Å². The molecule has 0 aliphatic heterocycles. The highest BCUT2D eigenvalue weighted by Crippen LogP contribution is 2.36. The summed E-state index contributed by atoms with van der Waals surface area (Å²) < 4.78 is 0. The number of rotatable bonds is 3. The standard InChI is InChI=1S/C23H24N4O3/c1-23(2)10-18-14(19(28)11-23)9-15(22(30)27-18)21(29)24-13-6-7-16-17(8-13)26-20(25-16)12-4-3-5-12/h6-9,12H,3-5,10-11H2,1-2H3,(H,24,29)(H,25,26)(H,27,30). The second-order valence-electron chi connectivity index (χ2n) is 9.28. The van der Waals surface area contributed by atoms with E-state index in [9.17, 15) is 14.4 Å². The Hall–Kier alpha value is -3.22. The molecule has 1 aromatic carbocycles. The zero-order valence-corrected chi connectivity index (χ0v) is 17.1. The van der Waals surface area contributed by atoms with Gasteiger partial charge in [0.25, 0.3) is 11.5 Å². The molecule has 2 aliphatic rings. The minimum atomic E-state index is -0.533. The topological polar surface area (TPSA) is 108 Å². The number of aromatic nitrogens is 3. The number of nitrogens with one attached hydrogen (secondary N) is 3. The van der Waals surface area contributed by atoms with E-state index in [-0.39, 0.29) is 16.8 Å². The summed E-state index contributed by atoms with van der Waals surface area (Å²) in [5, 5.41) is 2.78. The van der Waals surface area contributed by atoms with Crippen molar-refractivity contribution in [2.24, 2.45) is 5.41 Å². The van der Waals surface area contributed by atoms with Crippen LogP contribution in [0.4, 0.5) is 5.69 Å². The number of imidazole rings is 1. The maximum absolute atomic E-state index is 12.8. The lowest BCUT2D eigenvalue weighted by Gasteiger charge is -2.29. The second kappa shape index (κ2) is 6.65. The fourth-order valence-corrected chi connectivity index (χ4v) is 4.38. The van der Waals surface area contributed by atoms with E-state index in [0.29, 0.717) is 35.7 Å². The minimum absolute atomic E-state index is 0.0473. The first-order valence-corrected chi connectivity index (χ1v) is 10.4. The summed E-state index contributed by atoms with van der Waals surface area (Å²) in [6, 6.07) is 6.88. The SMILES string of the molecule is CC1(C)CC(=O)c2cc(C(=O)Nc3ccc4nc(C5CCC5)[nH]c4c3)c(=O)[nH]c2C1. The van der Waals surface area contributed by atoms with Gasteiger partial charge in [-0.05, 0) is 48.9 Å². The Morgan fingerprint density at radius 3 is 2.67 bits per heavy atom. The molecule has 1 saturated carbocycles. The van der Waals surface area contributed by atoms with E-state index in [2.05, 4.69) is 20.3 Å². The van der Waals surface area contributed by atoms with Crippen LogP contribution in [0, 0.1) is 5.41 Å². The van der Waals surface area contributed by atoms with Crippen molar-refractivity contribution in [2.45, 2.75) is 51.9 Å². The second-order valence-corrected chi connectivity index (χ2v) is 9.28. The Morgan fingerprint density at radius 1 is 1.13 bits per heavy atom. The van der Waals surface area contributed by atoms with E-state index in [1.54, 1.807) is 6.07 Å². The molecular weight excluding hydrogens is 380 g/mol. The van der Waals surface area contributed by atoms with Gasteiger partial charge < -0.3 is 15.3 Å². The number of benzene rings is 1. The summed E-state index contributed by atoms with van der Waals surface area (Å²) in [6.07, 6.45) is 4.54. The van der Waals surface area contributed by atoms with Crippen molar-refractivity contribution in [1.29, 1.82) is 0 Å². The smallest absolute Gasteiger partial charge is 0.261 e. The van der Waals surface area contributed by atoms with Crippen LogP contribution in [0.25, 0.3) is 11.0 Å². The number of ketones is 1. The molecule has 0 saturated heterocycles. The molecule has 3 aromatic rings. The van der Waals surface area contributed by atoms with Crippen molar-refractivity contribution in [1.82, 2.24) is 15.0 Å². The Balaban J connectivity index is 1.42. The van der Waals surface area contributed by atoms with Gasteiger partial charge in [0.15, 0.2) is 5.78 Å². The highest BCUT2D eigenvalue weighted by atomic mass is 16.2. The van der Waals surface area contributed by atoms with E-state index in [4.69, 9.17) is 0 Å². The van der Waals surface area contributed by atoms with Gasteiger partial charge in [-0.25, -0.2) is 4.98 Å². The van der Waals surface area contributed by atoms with Crippen molar-refractivity contribution in [3.8, 4) is 0 Å². The first-order chi connectivity index (χ1) is 14.3. The molecule has 0 unspecified atom stereocenters. The van der Waals surface area contributed by atoms with Gasteiger partial charge in [-0.3, -0.25) is 14.4 Å². The normalized spacial score (nSPS) is 18.1. The zero-order chi connectivity index (χ0) is 21.0. The van der Waals surface area contributed by atoms with Crippen molar-refractivity contribution in [3.05, 3.63) is 57.3 Å². The lowest BCUT2D eigenvalue weighted by molar-refractivity contribution is 0.0910. The van der Waals surface area contributed by atoms with Crippen LogP contribution in [0.1, 0.15) is 77.7 Å². The summed E-state index contributed by atoms with van der Waals surface area (Å²) in [6.45, 7) is 3.99. The number of fused-ring (bicyclic) bond motifs is 2. The first kappa shape index (κ1) is 18.8. The van der Waals surface area contributed by atoms with Crippen LogP contribution < -0.4 is 10.9 Å². The summed E-state index contributed by atoms with van der Waals surface area (Å²) in [4.78, 5) is 48.6. The van der Waals surface area contributed by atoms with E-state index in [1.165, 1.54) is 12.5 Å². The molecule has 3 N–H and O–H groups in total. The maximum atomic E-state index is 12.8. The average Bonchev–Trinajstić information content (AvgIpc) is 3.00. The number of carbonyl (C=O) groups is 2. The molecule has 0 atom stereocenters. The molecule has 0 radical (unpaired) electrons. The third-order valence-corrected chi connectivity index (χ3v) is 6.21. The van der Waals surface area contributed by atoms with E-state index in [1.807, 2.05) is 26.0 Å². The molecule has 154 valence electrons. The van der Waals surface area contributed by atoms with Crippen LogP contribution in [0.3, 0.4) is 0 Å². The predicted octanol–water partition coefficient (Wildman–Crippen LogP) is 3.93. The molecule has 0 bridgehead atoms. The molecular formula is C23H24N4O3. The number of anilines is 1. The average molecular weight is 404 g/mol. The Morgan fingerprint density at radius 2 is 1.93 bits per heavy atom. The first-order valence-electron chi connectivity index (χ1n) is 10.4. The number of hydrogen-bond donors (Lipinski definition) is 3. The minimum Gasteiger partial charge on any atom is -0.342 e. The van der Waals surface area contributed by atoms with Gasteiger partial charge in [0, 0.05) is 29.3 Å². The highest BCUT2D eigenvalue weighted by molar-refractivity contribution is 6.07. The van der Waals surface area contributed by atoms with Gasteiger partial charge >= 0.3 is 0 Å². The molecule has 2 aromatic heterocycles. The van der Waals surface area contributed by atoms with Gasteiger partial charge in [-0.1, -0.05) is 20.3 Å². The Bertz CT molecular complexity index is 1250. The quantitative estimate of drug-likeness (QED) is 0.615. The lowest BCUT2D eigenvalue weighted by atomic mass is 9.75. The third-order valence-electron chi connectivity index (χ3n) is 6.21. The fourth-order valence-electron chi connectivity index (χ4n) is 4.38. The van der Waals surface area contributed by atoms with Crippen molar-refractivity contribution in [3.63, 3.8) is 0 Å². The third kappa shape index (κ3) is 3.24. The number of aromatic amines is 2. The van der Waals surface area contributed by atoms with Crippen molar-refractivity contribution < 1.29 is 9.59 Å². The van der Waals surface area contributed by atoms with Crippen molar-refractivity contribution >= 4 is 28.4 Å². The van der Waals surface area contributed by atoms with Gasteiger partial charge in [0.2, 0.25) is 0 Å². The maximum Gasteiger partial charge on any atom is 0.261 e. The van der Waals surface area contributed by atoms with Crippen LogP contribution in [0.5, 0.6) is 0 Å². The number of amides is 1. The van der Waals surface area contributed by atoms with Crippen LogP contribution in [-0.4, -0.2) is 26.6 Å². The largest absolute Gasteiger partial charge is 0.342 e. The lowest BCUT2D eigenvalue weighted by Crippen LogP contribution is -2.32. The number of H-pyrrole nitrogens is 2. The Kier molecular flexibility index (Phi) is 4.17. The zero-order valence-electron chi connectivity index (χ0n) is 17.1. The number of hydrogen-bond acceptors (Lipinski definition) is 4. The molecule has 1 amide bonds. The number of nitrogens with zero attached hydrogens (tertiary/aromatic N) is 1. The predicted molar refractivity (Wildman–Crippen MR) is 114 cm³/mol. The fraction of sp³-hybridized carbons (Fsp3) is 0.391. The number of Topliss-reactive ketones (excluding diaryl/α,β-unsaturated/α-hetero) is 1. The molecule has 2 heterocycles. The van der Waals surface area contributed by atoms with Gasteiger partial charge in [-0.2, -0.15) is 0 Å². The Labute approximate surface area is 173 Å². The summed E-state index contributed by atoms with van der Waals surface area (Å²) in [5.74, 6) is 0.906. The van der Waals surface area contributed by atoms with Gasteiger partial charge in [-0.15, -0.1) is 0 Å². The molecule has 7 heteroatoms. The van der Waals surface area contributed by atoms with Crippen LogP contribution >= 0.6 is 0 Å². The molecule has 1 fully saturated rings. The van der Waals surface area contributed by atoms with Crippen LogP contribution in [0.15, 0.2) is 29.1 Å². The van der Waals surface area contributed by atoms with E-state index in [0.717, 1.165) is 29.7 Å². The van der Waals surface area contributed by atoms with Crippen LogP contribution in [0.2, 0.25) is 0 Å². The summed E-state index contributed by atoms with van der Waals surface area (Å²) >= 11 is 0. The summed E-state index contributed by atoms with van der Waals surface area (Å²) in [5.41, 5.74) is 2.60. The molecule has 0 spiro atoms. The molecule has 30 heavy (non-hydrogen) atoms. The van der Waals surface area contributed by atoms with E-state index >= 15 is 0 Å². The van der Waals surface area contributed by atoms with E-state index < -0.39 is 11.5 Å². The molecule has 5 rings (SSSR count). The summed E-state index contributed by atoms with van der Waals surface area (Å²) in [7, 11) is 0. The molecule has 2 aliphatic carbocycles. The molecule has 7 nitrogen and oxygen atoms in total. The monoisotopic (exact) mass is 404 g/mol.